The molecule has 1 fully saturated rings. The average Bonchev–Trinajstić information content (AvgIpc) is 2.64. The predicted molar refractivity (Wildman–Crippen MR) is 95.6 cm³/mol. The number of amides is 1. The predicted octanol–water partition coefficient (Wildman–Crippen LogP) is 3.26. The van der Waals surface area contributed by atoms with Gasteiger partial charge in [0, 0.05) is 13.1 Å². The standard InChI is InChI=1S/C19H23N3O2/c1-24-17-8-5-15(6-9-17)13-19(23)21-18-10-7-16(14-20-18)22-11-3-2-4-12-22/h5-10,14H,2-4,11-13H2,1H3,(H,20,21,23). The van der Waals surface area contributed by atoms with Gasteiger partial charge in [-0.1, -0.05) is 12.1 Å². The van der Waals surface area contributed by atoms with E-state index >= 15 is 0 Å². The maximum absolute atomic E-state index is 12.1. The van der Waals surface area contributed by atoms with Gasteiger partial charge in [-0.05, 0) is 49.1 Å². The lowest BCUT2D eigenvalue weighted by Crippen LogP contribution is -2.29. The fourth-order valence-electron chi connectivity index (χ4n) is 2.91. The van der Waals surface area contributed by atoms with Crippen molar-refractivity contribution in [3.05, 3.63) is 48.2 Å². The number of ether oxygens (including phenoxy) is 1. The van der Waals surface area contributed by atoms with Crippen molar-refractivity contribution >= 4 is 17.4 Å². The lowest BCUT2D eigenvalue weighted by atomic mass is 10.1. The molecule has 5 heteroatoms. The zero-order valence-electron chi connectivity index (χ0n) is 14.0. The Hall–Kier alpha value is -2.56. The summed E-state index contributed by atoms with van der Waals surface area (Å²) in [5.74, 6) is 1.31. The van der Waals surface area contributed by atoms with Gasteiger partial charge in [0.15, 0.2) is 0 Å². The van der Waals surface area contributed by atoms with Gasteiger partial charge in [0.25, 0.3) is 0 Å². The van der Waals surface area contributed by atoms with Crippen molar-refractivity contribution in [3.63, 3.8) is 0 Å². The highest BCUT2D eigenvalue weighted by atomic mass is 16.5. The Labute approximate surface area is 142 Å². The van der Waals surface area contributed by atoms with Gasteiger partial charge < -0.3 is 15.0 Å². The van der Waals surface area contributed by atoms with E-state index in [2.05, 4.69) is 15.2 Å². The van der Waals surface area contributed by atoms with Gasteiger partial charge in [0.05, 0.1) is 25.4 Å². The lowest BCUT2D eigenvalue weighted by molar-refractivity contribution is -0.115. The number of piperidine rings is 1. The van der Waals surface area contributed by atoms with E-state index in [0.717, 1.165) is 30.1 Å². The lowest BCUT2D eigenvalue weighted by Gasteiger charge is -2.28. The van der Waals surface area contributed by atoms with Gasteiger partial charge >= 0.3 is 0 Å². The van der Waals surface area contributed by atoms with Crippen LogP contribution in [0.2, 0.25) is 0 Å². The van der Waals surface area contributed by atoms with Crippen molar-refractivity contribution in [3.8, 4) is 5.75 Å². The third-order valence-electron chi connectivity index (χ3n) is 4.26. The number of methoxy groups -OCH3 is 1. The van der Waals surface area contributed by atoms with Crippen LogP contribution in [0.5, 0.6) is 5.75 Å². The quantitative estimate of drug-likeness (QED) is 0.917. The Balaban J connectivity index is 1.55. The molecule has 0 radical (unpaired) electrons. The molecule has 126 valence electrons. The Morgan fingerprint density at radius 3 is 2.50 bits per heavy atom. The summed E-state index contributed by atoms with van der Waals surface area (Å²) in [6, 6.07) is 11.4. The Bertz CT molecular complexity index is 662. The molecule has 0 saturated carbocycles. The first-order chi connectivity index (χ1) is 11.7. The third kappa shape index (κ3) is 4.25. The maximum Gasteiger partial charge on any atom is 0.229 e. The second-order valence-corrected chi connectivity index (χ2v) is 6.02. The number of benzene rings is 1. The molecule has 0 atom stereocenters. The molecule has 1 saturated heterocycles. The van der Waals surface area contributed by atoms with E-state index in [4.69, 9.17) is 4.74 Å². The molecule has 1 aliphatic heterocycles. The van der Waals surface area contributed by atoms with Gasteiger partial charge in [-0.2, -0.15) is 0 Å². The number of anilines is 2. The highest BCUT2D eigenvalue weighted by Crippen LogP contribution is 2.20. The van der Waals surface area contributed by atoms with Crippen LogP contribution >= 0.6 is 0 Å². The van der Waals surface area contributed by atoms with Crippen LogP contribution in [0.1, 0.15) is 24.8 Å². The van der Waals surface area contributed by atoms with E-state index in [9.17, 15) is 4.79 Å². The first kappa shape index (κ1) is 16.3. The van der Waals surface area contributed by atoms with Crippen LogP contribution in [-0.4, -0.2) is 31.1 Å². The number of pyridine rings is 1. The Kier molecular flexibility index (Phi) is 5.31. The second-order valence-electron chi connectivity index (χ2n) is 6.02. The molecule has 1 aromatic heterocycles. The van der Waals surface area contributed by atoms with Gasteiger partial charge in [-0.25, -0.2) is 4.98 Å². The van der Waals surface area contributed by atoms with Crippen LogP contribution in [0.25, 0.3) is 0 Å². The van der Waals surface area contributed by atoms with E-state index < -0.39 is 0 Å². The largest absolute Gasteiger partial charge is 0.497 e. The van der Waals surface area contributed by atoms with Crippen LogP contribution in [0, 0.1) is 0 Å². The molecule has 2 heterocycles. The summed E-state index contributed by atoms with van der Waals surface area (Å²) < 4.78 is 5.12. The Morgan fingerprint density at radius 1 is 1.12 bits per heavy atom. The molecular weight excluding hydrogens is 302 g/mol. The fraction of sp³-hybridized carbons (Fsp3) is 0.368. The van der Waals surface area contributed by atoms with Crippen LogP contribution in [0.4, 0.5) is 11.5 Å². The average molecular weight is 325 g/mol. The molecule has 0 spiro atoms. The SMILES string of the molecule is COc1ccc(CC(=O)Nc2ccc(N3CCCCC3)cn2)cc1. The van der Waals surface area contributed by atoms with Crippen molar-refractivity contribution in [2.45, 2.75) is 25.7 Å². The summed E-state index contributed by atoms with van der Waals surface area (Å²) >= 11 is 0. The van der Waals surface area contributed by atoms with E-state index in [1.165, 1.54) is 19.3 Å². The molecule has 2 aromatic rings. The van der Waals surface area contributed by atoms with E-state index in [1.807, 2.05) is 42.6 Å². The third-order valence-corrected chi connectivity index (χ3v) is 4.26. The van der Waals surface area contributed by atoms with Crippen LogP contribution in [0.3, 0.4) is 0 Å². The van der Waals surface area contributed by atoms with Crippen molar-refractivity contribution in [2.75, 3.05) is 30.4 Å². The minimum Gasteiger partial charge on any atom is -0.497 e. The molecule has 0 unspecified atom stereocenters. The van der Waals surface area contributed by atoms with Crippen LogP contribution in [0.15, 0.2) is 42.6 Å². The number of aromatic nitrogens is 1. The summed E-state index contributed by atoms with van der Waals surface area (Å²) in [6.07, 6.45) is 5.94. The number of nitrogens with zero attached hydrogens (tertiary/aromatic N) is 2. The molecular formula is C19H23N3O2. The smallest absolute Gasteiger partial charge is 0.229 e. The fourth-order valence-corrected chi connectivity index (χ4v) is 2.91. The molecule has 0 bridgehead atoms. The first-order valence-electron chi connectivity index (χ1n) is 8.38. The van der Waals surface area contributed by atoms with Crippen molar-refractivity contribution in [2.24, 2.45) is 0 Å². The zero-order chi connectivity index (χ0) is 16.8. The molecule has 5 nitrogen and oxygen atoms in total. The molecule has 24 heavy (non-hydrogen) atoms. The van der Waals surface area contributed by atoms with Crippen molar-refractivity contribution in [1.82, 2.24) is 4.98 Å². The van der Waals surface area contributed by atoms with E-state index in [-0.39, 0.29) is 5.91 Å². The number of hydrogen-bond acceptors (Lipinski definition) is 4. The number of carbonyl (C=O) groups is 1. The molecule has 1 aliphatic rings. The highest BCUT2D eigenvalue weighted by Gasteiger charge is 2.11. The van der Waals surface area contributed by atoms with E-state index in [0.29, 0.717) is 12.2 Å². The number of rotatable bonds is 5. The highest BCUT2D eigenvalue weighted by molar-refractivity contribution is 5.91. The topological polar surface area (TPSA) is 54.5 Å². The van der Waals surface area contributed by atoms with Gasteiger partial charge in [0.1, 0.15) is 11.6 Å². The summed E-state index contributed by atoms with van der Waals surface area (Å²) in [5.41, 5.74) is 2.07. The molecule has 1 N–H and O–H groups in total. The van der Waals surface area contributed by atoms with Gasteiger partial charge in [0.2, 0.25) is 5.91 Å². The minimum atomic E-state index is -0.0709. The minimum absolute atomic E-state index is 0.0709. The summed E-state index contributed by atoms with van der Waals surface area (Å²) in [7, 11) is 1.63. The molecule has 1 aromatic carbocycles. The van der Waals surface area contributed by atoms with Crippen molar-refractivity contribution in [1.29, 1.82) is 0 Å². The van der Waals surface area contributed by atoms with Crippen LogP contribution in [-0.2, 0) is 11.2 Å². The van der Waals surface area contributed by atoms with E-state index in [1.54, 1.807) is 7.11 Å². The molecule has 3 rings (SSSR count). The maximum atomic E-state index is 12.1. The summed E-state index contributed by atoms with van der Waals surface area (Å²) in [6.45, 7) is 2.18. The number of nitrogens with one attached hydrogen (secondary N) is 1. The number of hydrogen-bond donors (Lipinski definition) is 1. The number of carbonyl (C=O) groups excluding carboxylic acids is 1. The zero-order valence-corrected chi connectivity index (χ0v) is 14.0. The summed E-state index contributed by atoms with van der Waals surface area (Å²) in [5, 5.41) is 2.85. The van der Waals surface area contributed by atoms with Crippen molar-refractivity contribution < 1.29 is 9.53 Å². The van der Waals surface area contributed by atoms with Gasteiger partial charge in [-0.15, -0.1) is 0 Å². The second kappa shape index (κ2) is 7.81. The normalized spacial score (nSPS) is 14.3. The first-order valence-corrected chi connectivity index (χ1v) is 8.38. The van der Waals surface area contributed by atoms with Crippen LogP contribution < -0.4 is 15.0 Å². The monoisotopic (exact) mass is 325 g/mol. The Morgan fingerprint density at radius 2 is 1.88 bits per heavy atom. The molecule has 0 aliphatic carbocycles. The van der Waals surface area contributed by atoms with Gasteiger partial charge in [-0.3, -0.25) is 4.79 Å². The summed E-state index contributed by atoms with van der Waals surface area (Å²) in [4.78, 5) is 18.8. The molecule has 1 amide bonds.